The van der Waals surface area contributed by atoms with Gasteiger partial charge in [-0.3, -0.25) is 4.79 Å². The van der Waals surface area contributed by atoms with E-state index in [4.69, 9.17) is 4.42 Å². The smallest absolute Gasteiger partial charge is 0.315 e. The predicted octanol–water partition coefficient (Wildman–Crippen LogP) is 1.98. The Bertz CT molecular complexity index is 1090. The minimum Gasteiger partial charge on any atom is -0.451 e. The molecule has 2 aromatic heterocycles. The molecule has 2 aromatic rings. The number of aliphatic hydroxyl groups excluding tert-OH is 1. The highest BCUT2D eigenvalue weighted by molar-refractivity contribution is 8.05. The number of amides is 1. The lowest BCUT2D eigenvalue weighted by molar-refractivity contribution is -0.117. The van der Waals surface area contributed by atoms with Crippen LogP contribution in [0.1, 0.15) is 31.4 Å². The van der Waals surface area contributed by atoms with Crippen molar-refractivity contribution in [3.63, 3.8) is 0 Å². The number of aliphatic hydroxyl groups is 1. The maximum absolute atomic E-state index is 12.1. The molecule has 10 nitrogen and oxygen atoms in total. The molecule has 2 aliphatic rings. The summed E-state index contributed by atoms with van der Waals surface area (Å²) in [6, 6.07) is 4.72. The van der Waals surface area contributed by atoms with Crippen LogP contribution in [-0.4, -0.2) is 47.2 Å². The van der Waals surface area contributed by atoms with Gasteiger partial charge in [-0.05, 0) is 55.9 Å². The van der Waals surface area contributed by atoms with Gasteiger partial charge in [-0.15, -0.1) is 0 Å². The van der Waals surface area contributed by atoms with Crippen molar-refractivity contribution in [3.8, 4) is 0 Å². The van der Waals surface area contributed by atoms with Crippen LogP contribution < -0.4 is 10.6 Å². The first-order chi connectivity index (χ1) is 14.9. The molecule has 12 heteroatoms. The number of hydrogen-bond donors (Lipinski definition) is 3. The number of carbonyl (C=O) groups is 1. The molecule has 1 amide bonds. The Morgan fingerprint density at radius 3 is 2.77 bits per heavy atom. The molecule has 0 radical (unpaired) electrons. The largest absolute Gasteiger partial charge is 0.451 e. The van der Waals surface area contributed by atoms with Crippen molar-refractivity contribution >= 4 is 45.9 Å². The highest BCUT2D eigenvalue weighted by Gasteiger charge is 2.25. The lowest BCUT2D eigenvalue weighted by Crippen LogP contribution is -2.27. The summed E-state index contributed by atoms with van der Waals surface area (Å²) in [5.74, 6) is 0.194. The average Bonchev–Trinajstić information content (AvgIpc) is 3.39. The molecule has 1 unspecified atom stereocenters. The maximum atomic E-state index is 12.1. The molecule has 1 aliphatic carbocycles. The van der Waals surface area contributed by atoms with E-state index in [0.29, 0.717) is 16.5 Å². The fourth-order valence-electron chi connectivity index (χ4n) is 3.37. The van der Waals surface area contributed by atoms with Gasteiger partial charge in [-0.25, -0.2) is 9.97 Å². The second kappa shape index (κ2) is 9.20. The zero-order chi connectivity index (χ0) is 21.8. The SMILES string of the molecule is O=C1NC(O)S/C1=C\c1ccnc(NC2CCC(C=NS(=O)(=O)c3ccco3)CC2)n1. The molecule has 0 aromatic carbocycles. The minimum absolute atomic E-state index is 0.0732. The molecule has 1 saturated carbocycles. The number of anilines is 1. The Kier molecular flexibility index (Phi) is 6.39. The van der Waals surface area contributed by atoms with Gasteiger partial charge in [0.15, 0.2) is 5.56 Å². The monoisotopic (exact) mass is 463 g/mol. The molecule has 3 N–H and O–H groups in total. The molecule has 1 saturated heterocycles. The summed E-state index contributed by atoms with van der Waals surface area (Å²) in [4.78, 5) is 20.8. The summed E-state index contributed by atoms with van der Waals surface area (Å²) in [7, 11) is -3.78. The number of furan rings is 1. The number of nitrogens with zero attached hydrogens (tertiary/aromatic N) is 3. The number of rotatable bonds is 6. The molecule has 3 heterocycles. The van der Waals surface area contributed by atoms with Crippen LogP contribution in [0.15, 0.2) is 49.5 Å². The zero-order valence-electron chi connectivity index (χ0n) is 16.3. The molecule has 1 atom stereocenters. The van der Waals surface area contributed by atoms with E-state index in [2.05, 4.69) is 25.0 Å². The summed E-state index contributed by atoms with van der Waals surface area (Å²) < 4.78 is 32.8. The fraction of sp³-hybridized carbons (Fsp3) is 0.368. The van der Waals surface area contributed by atoms with Crippen LogP contribution in [0.4, 0.5) is 5.95 Å². The Balaban J connectivity index is 1.32. The van der Waals surface area contributed by atoms with Gasteiger partial charge in [0.2, 0.25) is 11.0 Å². The first kappa shape index (κ1) is 21.5. The first-order valence-electron chi connectivity index (χ1n) is 9.70. The molecule has 0 spiro atoms. The zero-order valence-corrected chi connectivity index (χ0v) is 18.0. The highest BCUT2D eigenvalue weighted by atomic mass is 32.2. The van der Waals surface area contributed by atoms with Gasteiger partial charge in [0, 0.05) is 18.5 Å². The lowest BCUT2D eigenvalue weighted by Gasteiger charge is -2.27. The van der Waals surface area contributed by atoms with Gasteiger partial charge in [-0.1, -0.05) is 11.8 Å². The van der Waals surface area contributed by atoms with E-state index in [-0.39, 0.29) is 23.0 Å². The van der Waals surface area contributed by atoms with Crippen LogP contribution in [0.3, 0.4) is 0 Å². The minimum atomic E-state index is -3.78. The van der Waals surface area contributed by atoms with Gasteiger partial charge in [0.25, 0.3) is 5.91 Å². The number of thioether (sulfide) groups is 1. The summed E-state index contributed by atoms with van der Waals surface area (Å²) in [6.07, 6.45) is 9.21. The molecule has 164 valence electrons. The van der Waals surface area contributed by atoms with E-state index < -0.39 is 15.6 Å². The van der Waals surface area contributed by atoms with Crippen molar-refractivity contribution in [2.75, 3.05) is 5.32 Å². The Morgan fingerprint density at radius 2 is 2.10 bits per heavy atom. The van der Waals surface area contributed by atoms with E-state index in [1.54, 1.807) is 18.3 Å². The molecule has 31 heavy (non-hydrogen) atoms. The van der Waals surface area contributed by atoms with Crippen LogP contribution in [0.25, 0.3) is 6.08 Å². The fourth-order valence-corrected chi connectivity index (χ4v) is 4.99. The first-order valence-corrected chi connectivity index (χ1v) is 12.0. The van der Waals surface area contributed by atoms with Crippen molar-refractivity contribution in [1.29, 1.82) is 0 Å². The van der Waals surface area contributed by atoms with Crippen molar-refractivity contribution < 1.29 is 22.7 Å². The number of sulfonamides is 1. The van der Waals surface area contributed by atoms with Crippen molar-refractivity contribution in [3.05, 3.63) is 41.3 Å². The Hall–Kier alpha value is -2.70. The standard InChI is InChI=1S/C19H21N5O5S2/c25-17-15(30-19(26)24-17)10-14-7-8-20-18(23-14)22-13-5-3-12(4-6-13)11-21-31(27,28)16-2-1-9-29-16/h1-2,7-13,19,26H,3-6H2,(H,24,25)(H,20,22,23)/b15-10-,21-11?. The third kappa shape index (κ3) is 5.51. The molecule has 0 bridgehead atoms. The Labute approximate surface area is 183 Å². The second-order valence-corrected chi connectivity index (χ2v) is 9.86. The highest BCUT2D eigenvalue weighted by Crippen LogP contribution is 2.28. The predicted molar refractivity (Wildman–Crippen MR) is 116 cm³/mol. The molecular weight excluding hydrogens is 442 g/mol. The number of aromatic nitrogens is 2. The quantitative estimate of drug-likeness (QED) is 0.432. The van der Waals surface area contributed by atoms with Gasteiger partial charge in [0.05, 0.1) is 16.9 Å². The topological polar surface area (TPSA) is 147 Å². The van der Waals surface area contributed by atoms with E-state index in [1.165, 1.54) is 24.6 Å². The molecular formula is C19H21N5O5S2. The van der Waals surface area contributed by atoms with Crippen LogP contribution in [0.5, 0.6) is 0 Å². The third-order valence-corrected chi connectivity index (χ3v) is 6.98. The van der Waals surface area contributed by atoms with Crippen molar-refractivity contribution in [2.24, 2.45) is 10.3 Å². The van der Waals surface area contributed by atoms with Gasteiger partial charge >= 0.3 is 10.0 Å². The lowest BCUT2D eigenvalue weighted by atomic mass is 9.87. The van der Waals surface area contributed by atoms with Gasteiger partial charge in [-0.2, -0.15) is 12.8 Å². The number of hydrogen-bond acceptors (Lipinski definition) is 9. The van der Waals surface area contributed by atoms with Gasteiger partial charge < -0.3 is 20.2 Å². The molecule has 2 fully saturated rings. The third-order valence-electron chi connectivity index (χ3n) is 4.94. The van der Waals surface area contributed by atoms with Crippen molar-refractivity contribution in [2.45, 2.75) is 42.4 Å². The van der Waals surface area contributed by atoms with Crippen LogP contribution in [-0.2, 0) is 14.8 Å². The summed E-state index contributed by atoms with van der Waals surface area (Å²) in [5, 5.41) is 15.0. The maximum Gasteiger partial charge on any atom is 0.315 e. The summed E-state index contributed by atoms with van der Waals surface area (Å²) in [5.41, 5.74) is -0.376. The van der Waals surface area contributed by atoms with E-state index in [0.717, 1.165) is 37.4 Å². The normalized spacial score (nSPS) is 25.8. The van der Waals surface area contributed by atoms with E-state index in [9.17, 15) is 18.3 Å². The van der Waals surface area contributed by atoms with E-state index >= 15 is 0 Å². The summed E-state index contributed by atoms with van der Waals surface area (Å²) in [6.45, 7) is 0. The van der Waals surface area contributed by atoms with Gasteiger partial charge in [0.1, 0.15) is 0 Å². The number of nitrogens with one attached hydrogen (secondary N) is 2. The van der Waals surface area contributed by atoms with Crippen molar-refractivity contribution in [1.82, 2.24) is 15.3 Å². The summed E-state index contributed by atoms with van der Waals surface area (Å²) >= 11 is 1.03. The number of carbonyl (C=O) groups excluding carboxylic acids is 1. The van der Waals surface area contributed by atoms with Crippen LogP contribution >= 0.6 is 11.8 Å². The van der Waals surface area contributed by atoms with E-state index in [1.807, 2.05) is 0 Å². The van der Waals surface area contributed by atoms with Crippen LogP contribution in [0.2, 0.25) is 0 Å². The molecule has 1 aliphatic heterocycles. The van der Waals surface area contributed by atoms with Crippen LogP contribution in [0, 0.1) is 5.92 Å². The Morgan fingerprint density at radius 1 is 1.29 bits per heavy atom. The second-order valence-electron chi connectivity index (χ2n) is 7.18. The molecule has 4 rings (SSSR count). The average molecular weight is 464 g/mol.